The highest BCUT2D eigenvalue weighted by Gasteiger charge is 2.06. The fourth-order valence-corrected chi connectivity index (χ4v) is 2.92. The molecule has 126 valence electrons. The summed E-state index contributed by atoms with van der Waals surface area (Å²) in [7, 11) is 0. The van der Waals surface area contributed by atoms with Crippen LogP contribution < -0.4 is 15.8 Å². The standard InChI is InChI=1S/C18H20N2O3S/c1-12-3-4-13(2)16(9-12)24-11-18(22)20-14-5-7-15(8-6-14)23-10-17(19)21/h3-9H,10-11H2,1-2H3,(H2,19,21)(H,20,22). The van der Waals surface area contributed by atoms with Crippen LogP contribution in [0.2, 0.25) is 0 Å². The van der Waals surface area contributed by atoms with Gasteiger partial charge in [-0.2, -0.15) is 0 Å². The van der Waals surface area contributed by atoms with Gasteiger partial charge in [0.1, 0.15) is 5.75 Å². The highest BCUT2D eigenvalue weighted by Crippen LogP contribution is 2.24. The van der Waals surface area contributed by atoms with Gasteiger partial charge in [0.15, 0.2) is 6.61 Å². The molecule has 2 aromatic carbocycles. The molecule has 2 aromatic rings. The average molecular weight is 344 g/mol. The number of benzene rings is 2. The first kappa shape index (κ1) is 17.9. The number of nitrogens with one attached hydrogen (secondary N) is 1. The molecule has 0 saturated carbocycles. The Balaban J connectivity index is 1.85. The number of rotatable bonds is 7. The molecule has 2 amide bonds. The Kier molecular flexibility index (Phi) is 6.26. The summed E-state index contributed by atoms with van der Waals surface area (Å²) >= 11 is 1.51. The molecule has 0 spiro atoms. The van der Waals surface area contributed by atoms with Crippen molar-refractivity contribution in [3.8, 4) is 5.75 Å². The molecule has 0 heterocycles. The van der Waals surface area contributed by atoms with Crippen molar-refractivity contribution in [3.05, 3.63) is 53.6 Å². The molecule has 0 unspecified atom stereocenters. The van der Waals surface area contributed by atoms with E-state index in [-0.39, 0.29) is 12.5 Å². The zero-order valence-electron chi connectivity index (χ0n) is 13.7. The minimum absolute atomic E-state index is 0.0771. The fraction of sp³-hybridized carbons (Fsp3) is 0.222. The number of ether oxygens (including phenoxy) is 1. The molecule has 2 rings (SSSR count). The van der Waals surface area contributed by atoms with Crippen LogP contribution in [0.5, 0.6) is 5.75 Å². The van der Waals surface area contributed by atoms with E-state index in [1.807, 2.05) is 13.8 Å². The summed E-state index contributed by atoms with van der Waals surface area (Å²) in [5.74, 6) is 0.253. The van der Waals surface area contributed by atoms with Crippen LogP contribution in [0.1, 0.15) is 11.1 Å². The average Bonchev–Trinajstić information content (AvgIpc) is 2.55. The van der Waals surface area contributed by atoms with Crippen molar-refractivity contribution < 1.29 is 14.3 Å². The molecule has 0 aliphatic carbocycles. The molecule has 0 fully saturated rings. The fourth-order valence-electron chi connectivity index (χ4n) is 1.99. The maximum Gasteiger partial charge on any atom is 0.255 e. The summed E-state index contributed by atoms with van der Waals surface area (Å²) in [6.45, 7) is 3.90. The highest BCUT2D eigenvalue weighted by molar-refractivity contribution is 8.00. The molecule has 0 aliphatic heterocycles. The predicted molar refractivity (Wildman–Crippen MR) is 96.4 cm³/mol. The molecule has 0 aromatic heterocycles. The van der Waals surface area contributed by atoms with Gasteiger partial charge in [-0.3, -0.25) is 9.59 Å². The van der Waals surface area contributed by atoms with Crippen molar-refractivity contribution in [2.24, 2.45) is 5.73 Å². The van der Waals surface area contributed by atoms with E-state index in [0.717, 1.165) is 10.5 Å². The van der Waals surface area contributed by atoms with Crippen molar-refractivity contribution in [1.29, 1.82) is 0 Å². The summed E-state index contributed by atoms with van der Waals surface area (Å²) in [5, 5.41) is 2.83. The molecule has 0 atom stereocenters. The van der Waals surface area contributed by atoms with E-state index in [9.17, 15) is 9.59 Å². The Morgan fingerprint density at radius 1 is 1.12 bits per heavy atom. The topological polar surface area (TPSA) is 81.4 Å². The monoisotopic (exact) mass is 344 g/mol. The SMILES string of the molecule is Cc1ccc(C)c(SCC(=O)Nc2ccc(OCC(N)=O)cc2)c1. The van der Waals surface area contributed by atoms with Crippen LogP contribution in [0.15, 0.2) is 47.4 Å². The first-order valence-electron chi connectivity index (χ1n) is 7.45. The number of carbonyl (C=O) groups excluding carboxylic acids is 2. The minimum atomic E-state index is -0.532. The van der Waals surface area contributed by atoms with E-state index in [1.54, 1.807) is 24.3 Å². The zero-order valence-corrected chi connectivity index (χ0v) is 14.5. The van der Waals surface area contributed by atoms with Gasteiger partial charge in [0.2, 0.25) is 5.91 Å². The maximum atomic E-state index is 12.1. The van der Waals surface area contributed by atoms with Gasteiger partial charge in [-0.1, -0.05) is 17.7 Å². The number of hydrogen-bond donors (Lipinski definition) is 2. The number of nitrogens with two attached hydrogens (primary N) is 1. The van der Waals surface area contributed by atoms with Crippen LogP contribution in [0.3, 0.4) is 0 Å². The van der Waals surface area contributed by atoms with Gasteiger partial charge in [0.25, 0.3) is 5.91 Å². The van der Waals surface area contributed by atoms with E-state index in [4.69, 9.17) is 10.5 Å². The zero-order chi connectivity index (χ0) is 17.5. The minimum Gasteiger partial charge on any atom is -0.484 e. The number of thioether (sulfide) groups is 1. The van der Waals surface area contributed by atoms with Crippen molar-refractivity contribution in [1.82, 2.24) is 0 Å². The summed E-state index contributed by atoms with van der Waals surface area (Å²) in [6, 6.07) is 13.0. The van der Waals surface area contributed by atoms with Crippen LogP contribution in [-0.4, -0.2) is 24.2 Å². The number of amides is 2. The predicted octanol–water partition coefficient (Wildman–Crippen LogP) is 2.90. The van der Waals surface area contributed by atoms with Gasteiger partial charge >= 0.3 is 0 Å². The van der Waals surface area contributed by atoms with E-state index < -0.39 is 5.91 Å². The summed E-state index contributed by atoms with van der Waals surface area (Å²) in [4.78, 5) is 23.8. The second-order valence-electron chi connectivity index (χ2n) is 5.39. The van der Waals surface area contributed by atoms with Crippen LogP contribution >= 0.6 is 11.8 Å². The van der Waals surface area contributed by atoms with E-state index in [0.29, 0.717) is 17.2 Å². The molecule has 0 saturated heterocycles. The summed E-state index contributed by atoms with van der Waals surface area (Å²) in [6.07, 6.45) is 0. The Morgan fingerprint density at radius 3 is 2.50 bits per heavy atom. The second-order valence-corrected chi connectivity index (χ2v) is 6.40. The Labute approximate surface area is 145 Å². The van der Waals surface area contributed by atoms with E-state index >= 15 is 0 Å². The molecule has 0 radical (unpaired) electrons. The van der Waals surface area contributed by atoms with Crippen molar-refractivity contribution in [2.45, 2.75) is 18.7 Å². The molecule has 0 aliphatic rings. The molecular weight excluding hydrogens is 324 g/mol. The third-order valence-corrected chi connectivity index (χ3v) is 4.38. The number of hydrogen-bond acceptors (Lipinski definition) is 4. The van der Waals surface area contributed by atoms with Crippen LogP contribution in [0.4, 0.5) is 5.69 Å². The van der Waals surface area contributed by atoms with E-state index in [2.05, 4.69) is 23.5 Å². The quantitative estimate of drug-likeness (QED) is 0.757. The third-order valence-electron chi connectivity index (χ3n) is 3.22. The van der Waals surface area contributed by atoms with Gasteiger partial charge in [-0.15, -0.1) is 11.8 Å². The smallest absolute Gasteiger partial charge is 0.255 e. The summed E-state index contributed by atoms with van der Waals surface area (Å²) < 4.78 is 5.17. The van der Waals surface area contributed by atoms with Crippen LogP contribution in [0, 0.1) is 13.8 Å². The molecule has 0 bridgehead atoms. The van der Waals surface area contributed by atoms with Gasteiger partial charge in [0, 0.05) is 10.6 Å². The number of carbonyl (C=O) groups is 2. The normalized spacial score (nSPS) is 10.2. The summed E-state index contributed by atoms with van der Waals surface area (Å²) in [5.41, 5.74) is 8.03. The number of anilines is 1. The van der Waals surface area contributed by atoms with Crippen molar-refractivity contribution in [2.75, 3.05) is 17.7 Å². The second kappa shape index (κ2) is 8.40. The third kappa shape index (κ3) is 5.62. The molecule has 3 N–H and O–H groups in total. The molecular formula is C18H20N2O3S. The molecule has 24 heavy (non-hydrogen) atoms. The number of primary amides is 1. The maximum absolute atomic E-state index is 12.1. The first-order chi connectivity index (χ1) is 11.4. The Morgan fingerprint density at radius 2 is 1.83 bits per heavy atom. The van der Waals surface area contributed by atoms with Crippen molar-refractivity contribution in [3.63, 3.8) is 0 Å². The lowest BCUT2D eigenvalue weighted by atomic mass is 10.2. The lowest BCUT2D eigenvalue weighted by molar-refractivity contribution is -0.120. The Bertz CT molecular complexity index is 730. The van der Waals surface area contributed by atoms with Crippen LogP contribution in [-0.2, 0) is 9.59 Å². The van der Waals surface area contributed by atoms with Gasteiger partial charge in [-0.25, -0.2) is 0 Å². The molecule has 5 nitrogen and oxygen atoms in total. The number of aryl methyl sites for hydroxylation is 2. The first-order valence-corrected chi connectivity index (χ1v) is 8.43. The van der Waals surface area contributed by atoms with Crippen LogP contribution in [0.25, 0.3) is 0 Å². The van der Waals surface area contributed by atoms with Gasteiger partial charge < -0.3 is 15.8 Å². The lowest BCUT2D eigenvalue weighted by Crippen LogP contribution is -2.20. The highest BCUT2D eigenvalue weighted by atomic mass is 32.2. The van der Waals surface area contributed by atoms with Gasteiger partial charge in [0.05, 0.1) is 5.75 Å². The van der Waals surface area contributed by atoms with E-state index in [1.165, 1.54) is 17.3 Å². The van der Waals surface area contributed by atoms with Gasteiger partial charge in [-0.05, 0) is 49.7 Å². The molecule has 6 heteroatoms. The lowest BCUT2D eigenvalue weighted by Gasteiger charge is -2.09. The Hall–Kier alpha value is -2.47. The largest absolute Gasteiger partial charge is 0.484 e. The van der Waals surface area contributed by atoms with Crippen molar-refractivity contribution >= 4 is 29.3 Å².